The Morgan fingerprint density at radius 3 is 2.48 bits per heavy atom. The van der Waals surface area contributed by atoms with Gasteiger partial charge in [0.15, 0.2) is 0 Å². The molecule has 0 unspecified atom stereocenters. The van der Waals surface area contributed by atoms with Crippen molar-refractivity contribution in [3.05, 3.63) is 48.3 Å². The first-order chi connectivity index (χ1) is 10.1. The van der Waals surface area contributed by atoms with Gasteiger partial charge < -0.3 is 11.1 Å². The van der Waals surface area contributed by atoms with Crippen LogP contribution < -0.4 is 11.1 Å². The zero-order valence-electron chi connectivity index (χ0n) is 10.5. The highest BCUT2D eigenvalue weighted by Crippen LogP contribution is 2.17. The summed E-state index contributed by atoms with van der Waals surface area (Å²) in [5.74, 6) is -1.24. The summed E-state index contributed by atoms with van der Waals surface area (Å²) in [5, 5.41) is 6.63. The summed E-state index contributed by atoms with van der Waals surface area (Å²) < 4.78 is 27.7. The van der Waals surface area contributed by atoms with Crippen molar-refractivity contribution in [3.8, 4) is 5.95 Å². The van der Waals surface area contributed by atoms with Gasteiger partial charge in [0.25, 0.3) is 5.95 Å². The number of anilines is 3. The lowest BCUT2D eigenvalue weighted by Crippen LogP contribution is -2.09. The highest BCUT2D eigenvalue weighted by atomic mass is 19.1. The predicted molar refractivity (Wildman–Crippen MR) is 71.0 cm³/mol. The number of nitrogens with one attached hydrogen (secondary N) is 1. The van der Waals surface area contributed by atoms with Crippen LogP contribution in [0, 0.1) is 11.6 Å². The standard InChI is InChI=1S/C12H9F2N7/c13-7-4-8(14)6-9(5-7)17-11-18-10(15)19-12(20-11)21-3-1-2-16-21/h1-6H,(H3,15,17,18,19,20). The summed E-state index contributed by atoms with van der Waals surface area (Å²) in [6, 6.07) is 4.67. The number of hydrogen-bond donors (Lipinski definition) is 2. The van der Waals surface area contributed by atoms with E-state index < -0.39 is 11.6 Å². The summed E-state index contributed by atoms with van der Waals surface area (Å²) in [4.78, 5) is 11.9. The molecule has 21 heavy (non-hydrogen) atoms. The van der Waals surface area contributed by atoms with E-state index >= 15 is 0 Å². The van der Waals surface area contributed by atoms with Crippen molar-refractivity contribution >= 4 is 17.6 Å². The van der Waals surface area contributed by atoms with Gasteiger partial charge in [-0.15, -0.1) is 0 Å². The molecule has 0 saturated carbocycles. The van der Waals surface area contributed by atoms with Crippen molar-refractivity contribution in [2.24, 2.45) is 0 Å². The summed E-state index contributed by atoms with van der Waals surface area (Å²) in [6.07, 6.45) is 3.18. The van der Waals surface area contributed by atoms with Crippen molar-refractivity contribution in [1.82, 2.24) is 24.7 Å². The third kappa shape index (κ3) is 2.91. The van der Waals surface area contributed by atoms with Crippen LogP contribution in [0.1, 0.15) is 0 Å². The van der Waals surface area contributed by atoms with Crippen molar-refractivity contribution in [1.29, 1.82) is 0 Å². The maximum atomic E-state index is 13.1. The Hall–Kier alpha value is -3.10. The van der Waals surface area contributed by atoms with Gasteiger partial charge in [-0.1, -0.05) is 0 Å². The molecule has 0 aliphatic heterocycles. The smallest absolute Gasteiger partial charge is 0.257 e. The summed E-state index contributed by atoms with van der Waals surface area (Å²) in [6.45, 7) is 0. The molecule has 0 atom stereocenters. The second-order valence-corrected chi connectivity index (χ2v) is 4.05. The Bertz CT molecular complexity index is 753. The van der Waals surface area contributed by atoms with Crippen molar-refractivity contribution in [2.45, 2.75) is 0 Å². The number of nitrogens with zero attached hydrogens (tertiary/aromatic N) is 5. The van der Waals surface area contributed by atoms with Gasteiger partial charge in [-0.05, 0) is 18.2 Å². The van der Waals surface area contributed by atoms with Gasteiger partial charge >= 0.3 is 0 Å². The minimum atomic E-state index is -0.716. The predicted octanol–water partition coefficient (Wildman–Crippen LogP) is 1.66. The van der Waals surface area contributed by atoms with Crippen LogP contribution in [-0.2, 0) is 0 Å². The molecule has 3 rings (SSSR count). The van der Waals surface area contributed by atoms with Gasteiger partial charge in [0, 0.05) is 24.1 Å². The van der Waals surface area contributed by atoms with Gasteiger partial charge in [0.05, 0.1) is 0 Å². The first-order valence-corrected chi connectivity index (χ1v) is 5.85. The Labute approximate surface area is 117 Å². The van der Waals surface area contributed by atoms with Gasteiger partial charge in [-0.2, -0.15) is 20.1 Å². The number of aromatic nitrogens is 5. The fourth-order valence-corrected chi connectivity index (χ4v) is 1.68. The fourth-order valence-electron chi connectivity index (χ4n) is 1.68. The summed E-state index contributed by atoms with van der Waals surface area (Å²) >= 11 is 0. The van der Waals surface area contributed by atoms with Crippen LogP contribution >= 0.6 is 0 Å². The van der Waals surface area contributed by atoms with Crippen LogP contribution in [-0.4, -0.2) is 24.7 Å². The molecule has 0 spiro atoms. The van der Waals surface area contributed by atoms with E-state index in [0.717, 1.165) is 18.2 Å². The molecule has 0 aliphatic carbocycles. The largest absolute Gasteiger partial charge is 0.368 e. The minimum absolute atomic E-state index is 0.0464. The molecular weight excluding hydrogens is 280 g/mol. The zero-order chi connectivity index (χ0) is 14.8. The molecule has 1 aromatic carbocycles. The molecule has 0 fully saturated rings. The van der Waals surface area contributed by atoms with Crippen LogP contribution in [0.15, 0.2) is 36.7 Å². The van der Waals surface area contributed by atoms with Crippen LogP contribution in [0.25, 0.3) is 5.95 Å². The fraction of sp³-hybridized carbons (Fsp3) is 0. The van der Waals surface area contributed by atoms with E-state index in [4.69, 9.17) is 5.73 Å². The first-order valence-electron chi connectivity index (χ1n) is 5.85. The molecule has 0 amide bonds. The highest BCUT2D eigenvalue weighted by Gasteiger charge is 2.08. The average molecular weight is 289 g/mol. The molecule has 0 bridgehead atoms. The maximum Gasteiger partial charge on any atom is 0.257 e. The second kappa shape index (κ2) is 5.12. The molecule has 3 aromatic rings. The van der Waals surface area contributed by atoms with Gasteiger partial charge in [0.1, 0.15) is 11.6 Å². The van der Waals surface area contributed by atoms with Crippen LogP contribution in [0.2, 0.25) is 0 Å². The van der Waals surface area contributed by atoms with E-state index in [9.17, 15) is 8.78 Å². The molecule has 9 heteroatoms. The number of benzene rings is 1. The van der Waals surface area contributed by atoms with E-state index in [2.05, 4.69) is 25.4 Å². The number of hydrogen-bond acceptors (Lipinski definition) is 6. The van der Waals surface area contributed by atoms with E-state index in [1.165, 1.54) is 4.68 Å². The molecule has 0 radical (unpaired) electrons. The third-order valence-corrected chi connectivity index (χ3v) is 2.47. The van der Waals surface area contributed by atoms with Crippen LogP contribution in [0.4, 0.5) is 26.4 Å². The molecule has 0 aliphatic rings. The Morgan fingerprint density at radius 2 is 1.81 bits per heavy atom. The average Bonchev–Trinajstić information content (AvgIpc) is 2.90. The Morgan fingerprint density at radius 1 is 1.05 bits per heavy atom. The third-order valence-electron chi connectivity index (χ3n) is 2.47. The van der Waals surface area contributed by atoms with Crippen LogP contribution in [0.3, 0.4) is 0 Å². The molecule has 3 N–H and O–H groups in total. The summed E-state index contributed by atoms with van der Waals surface area (Å²) in [7, 11) is 0. The van der Waals surface area contributed by atoms with E-state index in [0.29, 0.717) is 0 Å². The first kappa shape index (κ1) is 12.9. The van der Waals surface area contributed by atoms with Crippen LogP contribution in [0.5, 0.6) is 0 Å². The summed E-state index contributed by atoms with van der Waals surface area (Å²) in [5.41, 5.74) is 5.74. The topological polar surface area (TPSA) is 94.5 Å². The number of nitrogens with two attached hydrogens (primary N) is 1. The molecule has 106 valence electrons. The van der Waals surface area contributed by atoms with Gasteiger partial charge in [0.2, 0.25) is 11.9 Å². The number of rotatable bonds is 3. The lowest BCUT2D eigenvalue weighted by atomic mass is 10.3. The van der Waals surface area contributed by atoms with E-state index in [1.807, 2.05) is 0 Å². The maximum absolute atomic E-state index is 13.1. The van der Waals surface area contributed by atoms with Gasteiger partial charge in [-0.25, -0.2) is 13.5 Å². The Kier molecular flexibility index (Phi) is 3.14. The molecule has 2 aromatic heterocycles. The molecule has 7 nitrogen and oxygen atoms in total. The molecule has 2 heterocycles. The lowest BCUT2D eigenvalue weighted by molar-refractivity contribution is 0.584. The zero-order valence-corrected chi connectivity index (χ0v) is 10.5. The van der Waals surface area contributed by atoms with E-state index in [1.54, 1.807) is 18.5 Å². The van der Waals surface area contributed by atoms with Crippen molar-refractivity contribution < 1.29 is 8.78 Å². The van der Waals surface area contributed by atoms with Gasteiger partial charge in [-0.3, -0.25) is 0 Å². The SMILES string of the molecule is Nc1nc(Nc2cc(F)cc(F)c2)nc(-n2cccn2)n1. The quantitative estimate of drug-likeness (QED) is 0.761. The van der Waals surface area contributed by atoms with Crippen molar-refractivity contribution in [3.63, 3.8) is 0 Å². The normalized spacial score (nSPS) is 10.6. The van der Waals surface area contributed by atoms with E-state index in [-0.39, 0.29) is 23.5 Å². The molecular formula is C12H9F2N7. The highest BCUT2D eigenvalue weighted by molar-refractivity contribution is 5.54. The Balaban J connectivity index is 1.95. The number of halogens is 2. The van der Waals surface area contributed by atoms with Crippen molar-refractivity contribution in [2.75, 3.05) is 11.1 Å². The monoisotopic (exact) mass is 289 g/mol. The number of nitrogen functional groups attached to an aromatic ring is 1. The second-order valence-electron chi connectivity index (χ2n) is 4.05. The molecule has 0 saturated heterocycles. The minimum Gasteiger partial charge on any atom is -0.368 e. The lowest BCUT2D eigenvalue weighted by Gasteiger charge is -2.07.